The molecule has 0 heterocycles. The molecule has 8 heteroatoms. The Bertz CT molecular complexity index is 386. The largest absolute Gasteiger partial charge is 1.00 e. The van der Waals surface area contributed by atoms with Crippen LogP contribution in [-0.4, -0.2) is 20.5 Å². The summed E-state index contributed by atoms with van der Waals surface area (Å²) in [7, 11) is 0. The monoisotopic (exact) mass is 530 g/mol. The topological polar surface area (TPSA) is 89.5 Å². The molecule has 0 saturated carbocycles. The first-order valence-electron chi connectivity index (χ1n) is 9.35. The molecule has 0 N–H and O–H groups in total. The molecule has 0 saturated heterocycles. The van der Waals surface area contributed by atoms with Crippen LogP contribution in [0.3, 0.4) is 0 Å². The predicted molar refractivity (Wildman–Crippen MR) is 92.0 cm³/mol. The summed E-state index contributed by atoms with van der Waals surface area (Å²) >= 11 is -5.75. The number of hydrogen-bond donors (Lipinski definition) is 0. The fourth-order valence-corrected chi connectivity index (χ4v) is 3.23. The van der Waals surface area contributed by atoms with Crippen LogP contribution >= 0.6 is 0 Å². The van der Waals surface area contributed by atoms with Gasteiger partial charge in [0.05, 0.1) is 0 Å². The Labute approximate surface area is 183 Å². The maximum Gasteiger partial charge on any atom is 1.00 e. The van der Waals surface area contributed by atoms with Crippen molar-refractivity contribution in [2.24, 2.45) is 0 Å². The fourth-order valence-electron chi connectivity index (χ4n) is 2.51. The number of hydrogen-bond acceptors (Lipinski definition) is 5. The van der Waals surface area contributed by atoms with Crippen LogP contribution in [0.5, 0.6) is 0 Å². The maximum atomic E-state index is 11.0. The van der Waals surface area contributed by atoms with Gasteiger partial charge in [-0.1, -0.05) is 39.0 Å². The van der Waals surface area contributed by atoms with Gasteiger partial charge in [0, 0.05) is 0 Å². The smallest absolute Gasteiger partial charge is 1.00 e. The zero-order valence-corrected chi connectivity index (χ0v) is 19.4. The van der Waals surface area contributed by atoms with Gasteiger partial charge in [-0.2, -0.15) is 0 Å². The van der Waals surface area contributed by atoms with E-state index < -0.39 is 20.5 Å². The Kier molecular flexibility index (Phi) is 26.2. The second-order valence-electron chi connectivity index (χ2n) is 6.24. The number of carbonyl (C=O) groups is 1. The molecule has 0 atom stereocenters. The Morgan fingerprint density at radius 1 is 0.808 bits per heavy atom. The van der Waals surface area contributed by atoms with E-state index in [0.29, 0.717) is 6.42 Å². The molecule has 5 nitrogen and oxygen atoms in total. The molecule has 0 aliphatic rings. The zero-order valence-electron chi connectivity index (χ0n) is 15.6. The van der Waals surface area contributed by atoms with Crippen LogP contribution in [0.4, 0.5) is 0 Å². The Hall–Kier alpha value is 0.527. The van der Waals surface area contributed by atoms with Crippen LogP contribution in [0.1, 0.15) is 96.8 Å². The van der Waals surface area contributed by atoms with Gasteiger partial charge in [-0.15, -0.1) is 0 Å². The standard InChI is InChI=1S/C18H35AsO5.2Cu/c1-2-3-4-5-6-7-8-9-10-11-12-13-14-15-16-17-18(20)24-19(21,22)23;;/h9-10H,2-8,11-17H2,1H3,(H2,21,22,23);;/q;2*+1/p-2/b10-9-;;. The first kappa shape index (κ1) is 31.2. The van der Waals surface area contributed by atoms with Crippen molar-refractivity contribution < 1.29 is 54.6 Å². The Balaban J connectivity index is -0.00000264. The Morgan fingerprint density at radius 2 is 1.23 bits per heavy atom. The first-order chi connectivity index (χ1) is 11.5. The number of unbranched alkanes of at least 4 members (excludes halogenated alkanes) is 11. The molecule has 26 heavy (non-hydrogen) atoms. The van der Waals surface area contributed by atoms with E-state index in [2.05, 4.69) is 22.8 Å². The first-order valence-corrected chi connectivity index (χ1v) is 12.4. The molecule has 0 spiro atoms. The van der Waals surface area contributed by atoms with Gasteiger partial charge in [0.25, 0.3) is 0 Å². The molecule has 0 radical (unpaired) electrons. The van der Waals surface area contributed by atoms with E-state index in [1.54, 1.807) is 0 Å². The van der Waals surface area contributed by atoms with Crippen LogP contribution in [-0.2, 0) is 46.4 Å². The summed E-state index contributed by atoms with van der Waals surface area (Å²) in [4.78, 5) is 11.0. The van der Waals surface area contributed by atoms with Crippen molar-refractivity contribution in [3.63, 3.8) is 0 Å². The molecule has 0 aromatic heterocycles. The summed E-state index contributed by atoms with van der Waals surface area (Å²) in [6.07, 6.45) is 19.5. The fraction of sp³-hybridized carbons (Fsp3) is 0.833. The van der Waals surface area contributed by atoms with Gasteiger partial charge in [0.2, 0.25) is 0 Å². The average Bonchev–Trinajstić information content (AvgIpc) is 2.49. The van der Waals surface area contributed by atoms with E-state index in [9.17, 15) is 16.7 Å². The minimum Gasteiger partial charge on any atom is 1.00 e. The van der Waals surface area contributed by atoms with E-state index in [4.69, 9.17) is 0 Å². The molecular weight excluding hydrogens is 498 g/mol. The molecule has 162 valence electrons. The summed E-state index contributed by atoms with van der Waals surface area (Å²) in [5.74, 6) is -0.917. The van der Waals surface area contributed by atoms with Gasteiger partial charge < -0.3 is 0 Å². The maximum absolute atomic E-state index is 11.0. The molecule has 0 amide bonds. The van der Waals surface area contributed by atoms with Crippen LogP contribution in [0.25, 0.3) is 0 Å². The SMILES string of the molecule is CCCCCCCC/C=C\CCCCCCCC(=O)O[As](=O)([O-])[O-].[Cu+].[Cu+]. The summed E-state index contributed by atoms with van der Waals surface area (Å²) < 4.78 is 34.7. The predicted octanol–water partition coefficient (Wildman–Crippen LogP) is 3.15. The molecule has 0 unspecified atom stereocenters. The normalized spacial score (nSPS) is 11.0. The molecule has 0 aromatic rings. The van der Waals surface area contributed by atoms with Crippen LogP contribution in [0, 0.1) is 0 Å². The molecule has 0 fully saturated rings. The molecule has 0 aliphatic carbocycles. The molecule has 0 bridgehead atoms. The van der Waals surface area contributed by atoms with Gasteiger partial charge in [-0.25, -0.2) is 0 Å². The second kappa shape index (κ2) is 21.8. The second-order valence-corrected chi connectivity index (χ2v) is 8.50. The van der Waals surface area contributed by atoms with Crippen LogP contribution < -0.4 is 8.19 Å². The minimum atomic E-state index is -5.75. The van der Waals surface area contributed by atoms with Crippen molar-refractivity contribution in [3.8, 4) is 0 Å². The molecular formula is C18H33AsCu2O5. The van der Waals surface area contributed by atoms with Crippen molar-refractivity contribution in [1.82, 2.24) is 0 Å². The van der Waals surface area contributed by atoms with Crippen molar-refractivity contribution in [3.05, 3.63) is 12.2 Å². The van der Waals surface area contributed by atoms with Crippen molar-refractivity contribution in [2.45, 2.75) is 96.8 Å². The number of carbonyl (C=O) groups excluding carboxylic acids is 1. The van der Waals surface area contributed by atoms with Crippen molar-refractivity contribution >= 4 is 20.5 Å². The third kappa shape index (κ3) is 26.8. The summed E-state index contributed by atoms with van der Waals surface area (Å²) in [6, 6.07) is 0. The van der Waals surface area contributed by atoms with E-state index in [1.165, 1.54) is 44.9 Å². The van der Waals surface area contributed by atoms with Gasteiger partial charge >= 0.3 is 139 Å². The van der Waals surface area contributed by atoms with Gasteiger partial charge in [0.15, 0.2) is 0 Å². The Morgan fingerprint density at radius 3 is 1.69 bits per heavy atom. The van der Waals surface area contributed by atoms with Crippen LogP contribution in [0.15, 0.2) is 12.2 Å². The zero-order chi connectivity index (χ0) is 18.1. The summed E-state index contributed by atoms with van der Waals surface area (Å²) in [5.41, 5.74) is 0. The summed E-state index contributed by atoms with van der Waals surface area (Å²) in [5, 5.41) is 0. The number of allylic oxidation sites excluding steroid dienone is 2. The molecule has 0 aliphatic heterocycles. The molecule has 0 aromatic carbocycles. The quantitative estimate of drug-likeness (QED) is 0.174. The van der Waals surface area contributed by atoms with Gasteiger partial charge in [0.1, 0.15) is 0 Å². The van der Waals surface area contributed by atoms with E-state index >= 15 is 0 Å². The van der Waals surface area contributed by atoms with E-state index in [0.717, 1.165) is 32.1 Å². The van der Waals surface area contributed by atoms with Crippen LogP contribution in [0.2, 0.25) is 0 Å². The number of rotatable bonds is 16. The van der Waals surface area contributed by atoms with Crippen molar-refractivity contribution in [1.29, 1.82) is 0 Å². The van der Waals surface area contributed by atoms with Crippen molar-refractivity contribution in [2.75, 3.05) is 0 Å². The van der Waals surface area contributed by atoms with Gasteiger partial charge in [-0.3, -0.25) is 0 Å². The minimum absolute atomic E-state index is 0. The third-order valence-corrected chi connectivity index (χ3v) is 4.75. The third-order valence-electron chi connectivity index (χ3n) is 3.86. The summed E-state index contributed by atoms with van der Waals surface area (Å²) in [6.45, 7) is 2.24. The average molecular weight is 531 g/mol. The van der Waals surface area contributed by atoms with Gasteiger partial charge in [-0.05, 0) is 6.42 Å². The van der Waals surface area contributed by atoms with E-state index in [1.807, 2.05) is 0 Å². The molecule has 0 rings (SSSR count). The van der Waals surface area contributed by atoms with E-state index in [-0.39, 0.29) is 40.6 Å².